The molecule has 2 aromatic rings. The molecule has 34 heavy (non-hydrogen) atoms. The van der Waals surface area contributed by atoms with Crippen LogP contribution >= 0.6 is 0 Å². The molecular formula is C28H29F5O. The third-order valence-electron chi connectivity index (χ3n) is 6.18. The van der Waals surface area contributed by atoms with Crippen LogP contribution < -0.4 is 4.74 Å². The van der Waals surface area contributed by atoms with Crippen molar-refractivity contribution in [2.24, 2.45) is 5.92 Å². The topological polar surface area (TPSA) is 9.23 Å². The highest BCUT2D eigenvalue weighted by Gasteiger charge is 2.34. The summed E-state index contributed by atoms with van der Waals surface area (Å²) in [6, 6.07) is 10.5. The Morgan fingerprint density at radius 3 is 2.21 bits per heavy atom. The van der Waals surface area contributed by atoms with E-state index >= 15 is 0 Å². The molecule has 0 N–H and O–H groups in total. The predicted molar refractivity (Wildman–Crippen MR) is 123 cm³/mol. The summed E-state index contributed by atoms with van der Waals surface area (Å²) in [6.45, 7) is 2.21. The Bertz CT molecular complexity index is 996. The van der Waals surface area contributed by atoms with E-state index in [1.54, 1.807) is 6.08 Å². The molecule has 0 heterocycles. The second-order valence-electron chi connectivity index (χ2n) is 8.76. The molecule has 1 aliphatic carbocycles. The Morgan fingerprint density at radius 1 is 0.971 bits per heavy atom. The standard InChI is InChI=1S/C28H29F5O/c1-2-3-4-7-20-10-14-23(15-11-20)24-16-12-21(13-17-24)8-5-6-9-22-18-25(29)27(26(30)19-22)34-28(31,32)33/h5,8,10-11,14-15,18-19,21,24H,2-4,7,12-13,16-17H2,1H3/b8-5+. The number of allylic oxidation sites excluding steroid dienone is 2. The van der Waals surface area contributed by atoms with Crippen LogP contribution in [0.2, 0.25) is 0 Å². The number of benzene rings is 2. The average Bonchev–Trinajstić information content (AvgIpc) is 2.80. The first kappa shape index (κ1) is 25.8. The Hall–Kier alpha value is -2.81. The van der Waals surface area contributed by atoms with E-state index in [4.69, 9.17) is 0 Å². The number of hydrogen-bond donors (Lipinski definition) is 0. The molecule has 0 unspecified atom stereocenters. The van der Waals surface area contributed by atoms with Gasteiger partial charge in [0.1, 0.15) is 0 Å². The SMILES string of the molecule is CCCCCc1ccc(C2CCC(/C=C/C#Cc3cc(F)c(OC(F)(F)F)c(F)c3)CC2)cc1. The van der Waals surface area contributed by atoms with Crippen molar-refractivity contribution in [1.29, 1.82) is 0 Å². The van der Waals surface area contributed by atoms with Crippen LogP contribution in [0.5, 0.6) is 5.75 Å². The van der Waals surface area contributed by atoms with Gasteiger partial charge in [-0.1, -0.05) is 61.9 Å². The van der Waals surface area contributed by atoms with Gasteiger partial charge in [0, 0.05) is 5.56 Å². The second-order valence-corrected chi connectivity index (χ2v) is 8.76. The minimum Gasteiger partial charge on any atom is -0.399 e. The van der Waals surface area contributed by atoms with Gasteiger partial charge < -0.3 is 4.74 Å². The molecule has 1 saturated carbocycles. The first-order valence-corrected chi connectivity index (χ1v) is 11.8. The van der Waals surface area contributed by atoms with Gasteiger partial charge in [0.05, 0.1) is 0 Å². The third kappa shape index (κ3) is 7.90. The highest BCUT2D eigenvalue weighted by atomic mass is 19.4. The van der Waals surface area contributed by atoms with Crippen molar-refractivity contribution in [3.63, 3.8) is 0 Å². The van der Waals surface area contributed by atoms with Gasteiger partial charge in [-0.15, -0.1) is 13.2 Å². The number of aryl methyl sites for hydroxylation is 1. The van der Waals surface area contributed by atoms with Crippen molar-refractivity contribution in [3.8, 4) is 17.6 Å². The Balaban J connectivity index is 1.50. The maximum atomic E-state index is 13.8. The van der Waals surface area contributed by atoms with Crippen LogP contribution in [0.15, 0.2) is 48.6 Å². The van der Waals surface area contributed by atoms with Crippen molar-refractivity contribution in [2.75, 3.05) is 0 Å². The summed E-state index contributed by atoms with van der Waals surface area (Å²) in [4.78, 5) is 0. The normalized spacial score (nSPS) is 18.5. The fourth-order valence-corrected chi connectivity index (χ4v) is 4.34. The summed E-state index contributed by atoms with van der Waals surface area (Å²) in [7, 11) is 0. The molecule has 0 atom stereocenters. The molecule has 2 aromatic carbocycles. The van der Waals surface area contributed by atoms with E-state index in [1.165, 1.54) is 30.4 Å². The van der Waals surface area contributed by atoms with Gasteiger partial charge in [0.15, 0.2) is 11.6 Å². The lowest BCUT2D eigenvalue weighted by Crippen LogP contribution is -2.19. The molecule has 0 bridgehead atoms. The van der Waals surface area contributed by atoms with Gasteiger partial charge >= 0.3 is 6.36 Å². The summed E-state index contributed by atoms with van der Waals surface area (Å²) >= 11 is 0. The Morgan fingerprint density at radius 2 is 1.62 bits per heavy atom. The van der Waals surface area contributed by atoms with Crippen LogP contribution in [0.4, 0.5) is 22.0 Å². The summed E-state index contributed by atoms with van der Waals surface area (Å²) in [5.74, 6) is 1.85. The molecule has 1 nitrogen and oxygen atoms in total. The van der Waals surface area contributed by atoms with Crippen LogP contribution in [-0.4, -0.2) is 6.36 Å². The number of rotatable bonds is 7. The second kappa shape index (κ2) is 12.1. The van der Waals surface area contributed by atoms with E-state index in [2.05, 4.69) is 47.8 Å². The largest absolute Gasteiger partial charge is 0.573 e. The quantitative estimate of drug-likeness (QED) is 0.221. The summed E-state index contributed by atoms with van der Waals surface area (Å²) in [6.07, 6.45) is 7.58. The maximum absolute atomic E-state index is 13.8. The molecule has 6 heteroatoms. The number of halogens is 5. The van der Waals surface area contributed by atoms with Gasteiger partial charge in [0.2, 0.25) is 5.75 Å². The van der Waals surface area contributed by atoms with Gasteiger partial charge in [-0.2, -0.15) is 0 Å². The lowest BCUT2D eigenvalue weighted by Gasteiger charge is -2.27. The highest BCUT2D eigenvalue weighted by Crippen LogP contribution is 2.36. The number of alkyl halides is 3. The van der Waals surface area contributed by atoms with Crippen LogP contribution in [0, 0.1) is 29.4 Å². The number of hydrogen-bond acceptors (Lipinski definition) is 1. The van der Waals surface area contributed by atoms with E-state index in [-0.39, 0.29) is 5.56 Å². The summed E-state index contributed by atoms with van der Waals surface area (Å²) in [5.41, 5.74) is 2.73. The van der Waals surface area contributed by atoms with E-state index in [0.717, 1.165) is 44.2 Å². The first-order valence-electron chi connectivity index (χ1n) is 11.8. The van der Waals surface area contributed by atoms with Crippen molar-refractivity contribution >= 4 is 0 Å². The van der Waals surface area contributed by atoms with Crippen molar-refractivity contribution in [2.45, 2.75) is 70.6 Å². The van der Waals surface area contributed by atoms with Crippen molar-refractivity contribution in [3.05, 3.63) is 76.9 Å². The van der Waals surface area contributed by atoms with E-state index in [9.17, 15) is 22.0 Å². The molecule has 0 spiro atoms. The van der Waals surface area contributed by atoms with Crippen molar-refractivity contribution in [1.82, 2.24) is 0 Å². The fraction of sp³-hybridized carbons (Fsp3) is 0.429. The first-order chi connectivity index (χ1) is 16.2. The van der Waals surface area contributed by atoms with Gasteiger partial charge in [-0.3, -0.25) is 0 Å². The molecule has 1 aliphatic rings. The molecule has 0 aromatic heterocycles. The summed E-state index contributed by atoms with van der Waals surface area (Å²) in [5, 5.41) is 0. The molecule has 182 valence electrons. The lowest BCUT2D eigenvalue weighted by molar-refractivity contribution is -0.276. The zero-order valence-corrected chi connectivity index (χ0v) is 19.2. The minimum absolute atomic E-state index is 0.0592. The third-order valence-corrected chi connectivity index (χ3v) is 6.18. The van der Waals surface area contributed by atoms with Crippen LogP contribution in [-0.2, 0) is 6.42 Å². The van der Waals surface area contributed by atoms with Crippen LogP contribution in [0.1, 0.15) is 74.5 Å². The highest BCUT2D eigenvalue weighted by molar-refractivity contribution is 5.42. The minimum atomic E-state index is -5.17. The van der Waals surface area contributed by atoms with Crippen LogP contribution in [0.3, 0.4) is 0 Å². The van der Waals surface area contributed by atoms with Gasteiger partial charge in [-0.05, 0) is 79.7 Å². The van der Waals surface area contributed by atoms with E-state index < -0.39 is 23.7 Å². The molecule has 3 rings (SSSR count). The van der Waals surface area contributed by atoms with E-state index in [0.29, 0.717) is 11.8 Å². The number of unbranched alkanes of at least 4 members (excludes halogenated alkanes) is 2. The summed E-state index contributed by atoms with van der Waals surface area (Å²) < 4.78 is 67.6. The Labute approximate surface area is 198 Å². The van der Waals surface area contributed by atoms with Crippen molar-refractivity contribution < 1.29 is 26.7 Å². The molecule has 0 amide bonds. The molecule has 1 fully saturated rings. The zero-order chi connectivity index (χ0) is 24.6. The molecule has 0 aliphatic heterocycles. The molecule has 0 saturated heterocycles. The number of ether oxygens (including phenoxy) is 1. The smallest absolute Gasteiger partial charge is 0.399 e. The Kier molecular flexibility index (Phi) is 9.15. The van der Waals surface area contributed by atoms with Crippen LogP contribution in [0.25, 0.3) is 0 Å². The molecule has 0 radical (unpaired) electrons. The predicted octanol–water partition coefficient (Wildman–Crippen LogP) is 8.48. The monoisotopic (exact) mass is 476 g/mol. The fourth-order valence-electron chi connectivity index (χ4n) is 4.34. The zero-order valence-electron chi connectivity index (χ0n) is 19.2. The van der Waals surface area contributed by atoms with Gasteiger partial charge in [-0.25, -0.2) is 8.78 Å². The maximum Gasteiger partial charge on any atom is 0.573 e. The molecular weight excluding hydrogens is 447 g/mol. The lowest BCUT2D eigenvalue weighted by atomic mass is 9.78. The van der Waals surface area contributed by atoms with Gasteiger partial charge in [0.25, 0.3) is 0 Å². The average molecular weight is 477 g/mol. The van der Waals surface area contributed by atoms with E-state index in [1.807, 2.05) is 6.08 Å².